The van der Waals surface area contributed by atoms with E-state index in [0.29, 0.717) is 23.0 Å². The molecule has 6 rings (SSSR count). The Labute approximate surface area is 246 Å². The van der Waals surface area contributed by atoms with Crippen LogP contribution in [-0.2, 0) is 0 Å². The van der Waals surface area contributed by atoms with Gasteiger partial charge in [-0.3, -0.25) is 14.3 Å². The lowest BCUT2D eigenvalue weighted by molar-refractivity contribution is -0.130. The molecule has 0 radical (unpaired) electrons. The quantitative estimate of drug-likeness (QED) is 0.301. The third kappa shape index (κ3) is 5.45. The molecule has 1 saturated heterocycles. The first kappa shape index (κ1) is 28.8. The fourth-order valence-electron chi connectivity index (χ4n) is 6.58. The van der Waals surface area contributed by atoms with Gasteiger partial charge in [0.1, 0.15) is 17.4 Å². The Kier molecular flexibility index (Phi) is 7.62. The van der Waals surface area contributed by atoms with Gasteiger partial charge in [-0.05, 0) is 81.4 Å². The molecule has 1 aliphatic heterocycles. The predicted molar refractivity (Wildman–Crippen MR) is 156 cm³/mol. The Morgan fingerprint density at radius 2 is 1.98 bits per heavy atom. The zero-order valence-electron chi connectivity index (χ0n) is 23.6. The lowest BCUT2D eigenvalue weighted by Crippen LogP contribution is -2.60. The highest BCUT2D eigenvalue weighted by molar-refractivity contribution is 7.98. The number of piperidine rings is 1. The number of rotatable bonds is 8. The molecule has 42 heavy (non-hydrogen) atoms. The van der Waals surface area contributed by atoms with Crippen LogP contribution in [0.3, 0.4) is 0 Å². The van der Waals surface area contributed by atoms with Crippen LogP contribution in [0.15, 0.2) is 41.5 Å². The van der Waals surface area contributed by atoms with Gasteiger partial charge in [-0.15, -0.1) is 0 Å². The second kappa shape index (κ2) is 11.1. The zero-order valence-corrected chi connectivity index (χ0v) is 24.4. The van der Waals surface area contributed by atoms with Crippen LogP contribution in [0.5, 0.6) is 11.5 Å². The molecule has 1 N–H and O–H groups in total. The van der Waals surface area contributed by atoms with Gasteiger partial charge in [-0.2, -0.15) is 5.26 Å². The Morgan fingerprint density at radius 3 is 2.69 bits per heavy atom. The number of hydrogen-bond donors (Lipinski definition) is 1. The molecule has 8 nitrogen and oxygen atoms in total. The molecule has 2 aliphatic carbocycles. The maximum atomic E-state index is 14.8. The van der Waals surface area contributed by atoms with Crippen molar-refractivity contribution in [3.8, 4) is 17.6 Å². The van der Waals surface area contributed by atoms with Crippen molar-refractivity contribution < 1.29 is 17.9 Å². The van der Waals surface area contributed by atoms with E-state index in [-0.39, 0.29) is 53.1 Å². The first-order chi connectivity index (χ1) is 20.1. The van der Waals surface area contributed by atoms with E-state index < -0.39 is 11.7 Å². The van der Waals surface area contributed by atoms with E-state index in [1.807, 2.05) is 29.2 Å². The SMILES string of the molecule is CCN(C)SNc1ccc(F)c(Oc2ccc3ncn(C4CC5(CC(N6CCCC(F)(F)C6)C5)C4)c(=O)c3c2)c1C#N. The second-order valence-corrected chi connectivity index (χ2v) is 12.9. The van der Waals surface area contributed by atoms with Gasteiger partial charge in [-0.1, -0.05) is 6.92 Å². The standard InChI is InChI=1S/C30H33F3N6O2S/c1-3-37(2)42-36-26-8-6-24(31)27(23(26)16-34)41-21-5-7-25-22(11-21)28(40)39(18-35-25)20-14-29(15-20)12-19(13-29)38-10-4-9-30(32,33)17-38/h5-8,11,18-20,36H,3-4,9-10,12-15,17H2,1-2H3. The number of likely N-dealkylation sites (tertiary alicyclic amines) is 1. The molecule has 2 aromatic carbocycles. The van der Waals surface area contributed by atoms with E-state index in [0.717, 1.165) is 38.8 Å². The van der Waals surface area contributed by atoms with Crippen molar-refractivity contribution in [1.82, 2.24) is 18.8 Å². The van der Waals surface area contributed by atoms with Gasteiger partial charge in [-0.25, -0.2) is 22.5 Å². The molecule has 222 valence electrons. The Bertz CT molecular complexity index is 1590. The molecule has 0 unspecified atom stereocenters. The van der Waals surface area contributed by atoms with Gasteiger partial charge in [0.25, 0.3) is 11.5 Å². The second-order valence-electron chi connectivity index (χ2n) is 11.8. The molecule has 0 amide bonds. The summed E-state index contributed by atoms with van der Waals surface area (Å²) in [5, 5.41) is 10.1. The average Bonchev–Trinajstić information content (AvgIpc) is 2.92. The molecule has 2 saturated carbocycles. The highest BCUT2D eigenvalue weighted by Crippen LogP contribution is 2.61. The minimum absolute atomic E-state index is 0.00753. The summed E-state index contributed by atoms with van der Waals surface area (Å²) in [6, 6.07) is 9.69. The molecule has 12 heteroatoms. The number of anilines is 1. The van der Waals surface area contributed by atoms with Gasteiger partial charge < -0.3 is 9.46 Å². The van der Waals surface area contributed by atoms with Crippen LogP contribution in [0.1, 0.15) is 57.1 Å². The minimum atomic E-state index is -2.60. The monoisotopic (exact) mass is 598 g/mol. The summed E-state index contributed by atoms with van der Waals surface area (Å²) < 4.78 is 55.1. The van der Waals surface area contributed by atoms with Crippen LogP contribution in [0.4, 0.5) is 18.9 Å². The summed E-state index contributed by atoms with van der Waals surface area (Å²) in [7, 11) is 1.88. The van der Waals surface area contributed by atoms with Gasteiger partial charge >= 0.3 is 0 Å². The molecule has 3 aromatic rings. The molecular weight excluding hydrogens is 565 g/mol. The van der Waals surface area contributed by atoms with Gasteiger partial charge in [0, 0.05) is 37.2 Å². The normalized spacial score (nSPS) is 25.2. The first-order valence-electron chi connectivity index (χ1n) is 14.3. The Balaban J connectivity index is 1.17. The van der Waals surface area contributed by atoms with Crippen LogP contribution in [0, 0.1) is 22.6 Å². The molecule has 2 heterocycles. The minimum Gasteiger partial charge on any atom is -0.453 e. The van der Waals surface area contributed by atoms with E-state index in [1.54, 1.807) is 23.0 Å². The van der Waals surface area contributed by atoms with Crippen molar-refractivity contribution in [3.05, 3.63) is 58.4 Å². The summed E-state index contributed by atoms with van der Waals surface area (Å²) in [6.07, 6.45) is 5.49. The van der Waals surface area contributed by atoms with Crippen LogP contribution in [0.2, 0.25) is 0 Å². The van der Waals surface area contributed by atoms with Gasteiger partial charge in [0.2, 0.25) is 0 Å². The highest BCUT2D eigenvalue weighted by atomic mass is 32.2. The van der Waals surface area contributed by atoms with Gasteiger partial charge in [0.15, 0.2) is 11.6 Å². The molecule has 0 bridgehead atoms. The van der Waals surface area contributed by atoms with Crippen LogP contribution >= 0.6 is 12.1 Å². The number of benzene rings is 2. The predicted octanol–water partition coefficient (Wildman–Crippen LogP) is 6.34. The van der Waals surface area contributed by atoms with E-state index >= 15 is 0 Å². The summed E-state index contributed by atoms with van der Waals surface area (Å²) >= 11 is 1.28. The largest absolute Gasteiger partial charge is 0.453 e. The number of aromatic nitrogens is 2. The third-order valence-corrected chi connectivity index (χ3v) is 9.84. The summed E-state index contributed by atoms with van der Waals surface area (Å²) in [4.78, 5) is 19.9. The number of halogens is 3. The first-order valence-corrected chi connectivity index (χ1v) is 15.0. The molecule has 3 fully saturated rings. The molecule has 0 atom stereocenters. The molecular formula is C30H33F3N6O2S. The average molecular weight is 599 g/mol. The van der Waals surface area contributed by atoms with Crippen molar-refractivity contribution in [2.45, 2.75) is 63.5 Å². The summed E-state index contributed by atoms with van der Waals surface area (Å²) in [5.74, 6) is -3.29. The van der Waals surface area contributed by atoms with E-state index in [2.05, 4.69) is 9.71 Å². The van der Waals surface area contributed by atoms with Crippen molar-refractivity contribution >= 4 is 28.7 Å². The summed E-state index contributed by atoms with van der Waals surface area (Å²) in [6.45, 7) is 3.32. The number of fused-ring (bicyclic) bond motifs is 1. The van der Waals surface area contributed by atoms with E-state index in [9.17, 15) is 23.2 Å². The topological polar surface area (TPSA) is 86.4 Å². The van der Waals surface area contributed by atoms with E-state index in [4.69, 9.17) is 4.74 Å². The van der Waals surface area contributed by atoms with Crippen LogP contribution in [-0.4, -0.2) is 57.4 Å². The fourth-order valence-corrected chi connectivity index (χ4v) is 7.13. The smallest absolute Gasteiger partial charge is 0.261 e. The van der Waals surface area contributed by atoms with Crippen molar-refractivity contribution in [2.75, 3.05) is 31.4 Å². The lowest BCUT2D eigenvalue weighted by atomic mass is 9.51. The lowest BCUT2D eigenvalue weighted by Gasteiger charge is -2.60. The number of nitriles is 1. The highest BCUT2D eigenvalue weighted by Gasteiger charge is 2.56. The van der Waals surface area contributed by atoms with E-state index in [1.165, 1.54) is 30.3 Å². The van der Waals surface area contributed by atoms with Crippen LogP contribution < -0.4 is 15.0 Å². The van der Waals surface area contributed by atoms with Gasteiger partial charge in [0.05, 0.1) is 29.5 Å². The van der Waals surface area contributed by atoms with Crippen molar-refractivity contribution in [3.63, 3.8) is 0 Å². The Hall–Kier alpha value is -3.27. The molecule has 1 spiro atoms. The number of ether oxygens (including phenoxy) is 1. The summed E-state index contributed by atoms with van der Waals surface area (Å²) in [5.41, 5.74) is 0.809. The maximum absolute atomic E-state index is 14.8. The number of nitrogens with one attached hydrogen (secondary N) is 1. The Morgan fingerprint density at radius 1 is 1.21 bits per heavy atom. The number of nitrogens with zero attached hydrogens (tertiary/aromatic N) is 5. The van der Waals surface area contributed by atoms with Crippen molar-refractivity contribution in [1.29, 1.82) is 5.26 Å². The zero-order chi connectivity index (χ0) is 29.6. The third-order valence-electron chi connectivity index (χ3n) is 8.96. The molecule has 1 aromatic heterocycles. The van der Waals surface area contributed by atoms with Crippen LogP contribution in [0.25, 0.3) is 10.9 Å². The number of alkyl halides is 2. The molecule has 3 aliphatic rings. The van der Waals surface area contributed by atoms with Crippen molar-refractivity contribution in [2.24, 2.45) is 5.41 Å². The number of hydrogen-bond acceptors (Lipinski definition) is 8. The maximum Gasteiger partial charge on any atom is 0.261 e. The fraction of sp³-hybridized carbons (Fsp3) is 0.500.